The van der Waals surface area contributed by atoms with Gasteiger partial charge in [0.25, 0.3) is 0 Å². The molecule has 0 atom stereocenters. The van der Waals surface area contributed by atoms with Gasteiger partial charge >= 0.3 is 6.92 Å². The second-order valence-corrected chi connectivity index (χ2v) is 6.21. The number of benzene rings is 2. The Morgan fingerprint density at radius 2 is 1.79 bits per heavy atom. The Balaban J connectivity index is 1.71. The van der Waals surface area contributed by atoms with E-state index in [4.69, 9.17) is 14.1 Å². The standard InChI is InChI=1S/C21H21BN2O4/c1-3-26-20-13-19(27-18-11-9-17(24-25)10-12-18)15-23-21(20)28-22(2)14-16-7-5-4-6-8-16/h4-13,15H,3,14H2,1-2H3. The molecule has 0 fully saturated rings. The van der Waals surface area contributed by atoms with Crippen LogP contribution in [-0.4, -0.2) is 18.5 Å². The van der Waals surface area contributed by atoms with Crippen LogP contribution in [0.1, 0.15) is 12.5 Å². The summed E-state index contributed by atoms with van der Waals surface area (Å²) in [5, 5.41) is 2.87. The number of ether oxygens (including phenoxy) is 2. The summed E-state index contributed by atoms with van der Waals surface area (Å²) in [7, 11) is 0. The lowest BCUT2D eigenvalue weighted by molar-refractivity contribution is 0.321. The molecule has 0 aliphatic heterocycles. The van der Waals surface area contributed by atoms with Gasteiger partial charge < -0.3 is 14.1 Å². The normalized spacial score (nSPS) is 10.2. The molecular weight excluding hydrogens is 355 g/mol. The molecule has 142 valence electrons. The second kappa shape index (κ2) is 9.55. The quantitative estimate of drug-likeness (QED) is 0.367. The molecule has 0 spiro atoms. The van der Waals surface area contributed by atoms with Crippen molar-refractivity contribution < 1.29 is 14.1 Å². The van der Waals surface area contributed by atoms with Crippen LogP contribution in [0.2, 0.25) is 6.82 Å². The smallest absolute Gasteiger partial charge is 0.361 e. The van der Waals surface area contributed by atoms with E-state index in [-0.39, 0.29) is 6.92 Å². The molecular formula is C21H21BN2O4. The summed E-state index contributed by atoms with van der Waals surface area (Å²) >= 11 is 0. The van der Waals surface area contributed by atoms with E-state index in [9.17, 15) is 4.91 Å². The van der Waals surface area contributed by atoms with Gasteiger partial charge in [0.2, 0.25) is 5.88 Å². The fourth-order valence-corrected chi connectivity index (χ4v) is 2.71. The summed E-state index contributed by atoms with van der Waals surface area (Å²) in [4.78, 5) is 14.9. The van der Waals surface area contributed by atoms with Gasteiger partial charge in [-0.05, 0) is 49.5 Å². The molecule has 28 heavy (non-hydrogen) atoms. The Bertz CT molecular complexity index is 904. The Morgan fingerprint density at radius 1 is 1.04 bits per heavy atom. The van der Waals surface area contributed by atoms with E-state index in [1.807, 2.05) is 31.9 Å². The third kappa shape index (κ3) is 5.33. The van der Waals surface area contributed by atoms with Gasteiger partial charge in [0.1, 0.15) is 17.2 Å². The fourth-order valence-electron chi connectivity index (χ4n) is 2.71. The summed E-state index contributed by atoms with van der Waals surface area (Å²) in [6.45, 7) is 4.31. The number of hydrogen-bond acceptors (Lipinski definition) is 6. The fraction of sp³-hybridized carbons (Fsp3) is 0.190. The van der Waals surface area contributed by atoms with Crippen molar-refractivity contribution in [2.45, 2.75) is 20.1 Å². The molecule has 1 heterocycles. The number of nitrogens with zero attached hydrogens (tertiary/aromatic N) is 2. The zero-order chi connectivity index (χ0) is 19.8. The summed E-state index contributed by atoms with van der Waals surface area (Å²) in [6.07, 6.45) is 2.35. The number of pyridine rings is 1. The predicted octanol–water partition coefficient (Wildman–Crippen LogP) is 5.45. The van der Waals surface area contributed by atoms with Gasteiger partial charge in [-0.3, -0.25) is 0 Å². The number of aromatic nitrogens is 1. The van der Waals surface area contributed by atoms with Crippen LogP contribution in [0.4, 0.5) is 5.69 Å². The Labute approximate surface area is 164 Å². The van der Waals surface area contributed by atoms with Gasteiger partial charge in [0, 0.05) is 6.07 Å². The van der Waals surface area contributed by atoms with Crippen molar-refractivity contribution in [3.8, 4) is 23.1 Å². The van der Waals surface area contributed by atoms with Crippen LogP contribution in [0.3, 0.4) is 0 Å². The molecule has 3 aromatic rings. The first-order chi connectivity index (χ1) is 13.7. The summed E-state index contributed by atoms with van der Waals surface area (Å²) in [5.74, 6) is 2.03. The summed E-state index contributed by atoms with van der Waals surface area (Å²) in [6, 6.07) is 18.4. The molecule has 0 unspecified atom stereocenters. The molecule has 0 aliphatic rings. The van der Waals surface area contributed by atoms with Crippen molar-refractivity contribution in [2.24, 2.45) is 5.18 Å². The van der Waals surface area contributed by atoms with E-state index < -0.39 is 0 Å². The predicted molar refractivity (Wildman–Crippen MR) is 110 cm³/mol. The number of nitroso groups, excluding NO2 is 1. The maximum atomic E-state index is 10.5. The summed E-state index contributed by atoms with van der Waals surface area (Å²) in [5.41, 5.74) is 1.54. The zero-order valence-electron chi connectivity index (χ0n) is 15.9. The van der Waals surface area contributed by atoms with Gasteiger partial charge in [-0.15, -0.1) is 4.91 Å². The molecule has 7 heteroatoms. The zero-order valence-corrected chi connectivity index (χ0v) is 15.9. The SMILES string of the molecule is CCOc1cc(Oc2ccc(N=O)cc2)cnc1OB(C)Cc1ccccc1. The van der Waals surface area contributed by atoms with Gasteiger partial charge in [-0.2, -0.15) is 0 Å². The summed E-state index contributed by atoms with van der Waals surface area (Å²) < 4.78 is 17.5. The second-order valence-electron chi connectivity index (χ2n) is 6.21. The van der Waals surface area contributed by atoms with E-state index >= 15 is 0 Å². The van der Waals surface area contributed by atoms with Crippen LogP contribution in [0.15, 0.2) is 72.0 Å². The lowest BCUT2D eigenvalue weighted by Gasteiger charge is -2.16. The molecule has 6 nitrogen and oxygen atoms in total. The van der Waals surface area contributed by atoms with Crippen LogP contribution in [0.5, 0.6) is 23.1 Å². The Kier molecular flexibility index (Phi) is 6.62. The van der Waals surface area contributed by atoms with E-state index in [2.05, 4.69) is 22.3 Å². The highest BCUT2D eigenvalue weighted by molar-refractivity contribution is 6.50. The third-order valence-corrected chi connectivity index (χ3v) is 3.95. The largest absolute Gasteiger partial charge is 0.545 e. The van der Waals surface area contributed by atoms with Gasteiger partial charge in [-0.25, -0.2) is 4.98 Å². The Hall–Kier alpha value is -3.35. The molecule has 0 saturated carbocycles. The van der Waals surface area contributed by atoms with Gasteiger partial charge in [-0.1, -0.05) is 35.9 Å². The molecule has 0 N–H and O–H groups in total. The van der Waals surface area contributed by atoms with E-state index in [0.717, 1.165) is 6.32 Å². The highest BCUT2D eigenvalue weighted by atomic mass is 16.5. The van der Waals surface area contributed by atoms with Crippen LogP contribution in [-0.2, 0) is 6.32 Å². The van der Waals surface area contributed by atoms with Crippen molar-refractivity contribution in [1.82, 2.24) is 4.98 Å². The van der Waals surface area contributed by atoms with E-state index in [1.54, 1.807) is 36.5 Å². The number of hydrogen-bond donors (Lipinski definition) is 0. The third-order valence-electron chi connectivity index (χ3n) is 3.95. The average Bonchev–Trinajstić information content (AvgIpc) is 2.71. The lowest BCUT2D eigenvalue weighted by atomic mass is 9.65. The maximum absolute atomic E-state index is 10.5. The van der Waals surface area contributed by atoms with Crippen molar-refractivity contribution in [1.29, 1.82) is 0 Å². The molecule has 1 aromatic heterocycles. The van der Waals surface area contributed by atoms with Crippen molar-refractivity contribution in [3.63, 3.8) is 0 Å². The molecule has 0 radical (unpaired) electrons. The van der Waals surface area contributed by atoms with Crippen molar-refractivity contribution in [3.05, 3.63) is 77.3 Å². The Morgan fingerprint density at radius 3 is 2.46 bits per heavy atom. The molecule has 0 bridgehead atoms. The van der Waals surface area contributed by atoms with Crippen molar-refractivity contribution in [2.75, 3.05) is 6.61 Å². The minimum Gasteiger partial charge on any atom is -0.545 e. The lowest BCUT2D eigenvalue weighted by Crippen LogP contribution is -2.22. The van der Waals surface area contributed by atoms with E-state index in [0.29, 0.717) is 35.4 Å². The van der Waals surface area contributed by atoms with Crippen LogP contribution in [0.25, 0.3) is 0 Å². The van der Waals surface area contributed by atoms with Crippen molar-refractivity contribution >= 4 is 12.6 Å². The molecule has 0 saturated heterocycles. The van der Waals surface area contributed by atoms with Crippen LogP contribution < -0.4 is 14.1 Å². The molecule has 3 rings (SSSR count). The highest BCUT2D eigenvalue weighted by Gasteiger charge is 2.17. The first kappa shape index (κ1) is 19.4. The highest BCUT2D eigenvalue weighted by Crippen LogP contribution is 2.32. The minimum absolute atomic E-state index is 0.0655. The monoisotopic (exact) mass is 376 g/mol. The van der Waals surface area contributed by atoms with Gasteiger partial charge in [0.05, 0.1) is 12.8 Å². The molecule has 0 amide bonds. The van der Waals surface area contributed by atoms with E-state index in [1.165, 1.54) is 5.56 Å². The molecule has 2 aromatic carbocycles. The first-order valence-electron chi connectivity index (χ1n) is 9.12. The maximum Gasteiger partial charge on any atom is 0.361 e. The van der Waals surface area contributed by atoms with Crippen LogP contribution >= 0.6 is 0 Å². The number of rotatable bonds is 9. The molecule has 0 aliphatic carbocycles. The minimum atomic E-state index is -0.0655. The first-order valence-corrected chi connectivity index (χ1v) is 9.12. The van der Waals surface area contributed by atoms with Gasteiger partial charge in [0.15, 0.2) is 5.75 Å². The topological polar surface area (TPSA) is 70.0 Å². The average molecular weight is 376 g/mol. The van der Waals surface area contributed by atoms with Crippen LogP contribution in [0, 0.1) is 4.91 Å².